The summed E-state index contributed by atoms with van der Waals surface area (Å²) in [6, 6.07) is 12.5. The maximum Gasteiger partial charge on any atom is 0.307 e. The highest BCUT2D eigenvalue weighted by Gasteiger charge is 2.19. The lowest BCUT2D eigenvalue weighted by Gasteiger charge is -2.11. The molecule has 0 fully saturated rings. The van der Waals surface area contributed by atoms with Gasteiger partial charge in [0, 0.05) is 5.02 Å². The molecule has 9 heteroatoms. The maximum absolute atomic E-state index is 14.5. The second kappa shape index (κ2) is 8.81. The number of ether oxygens (including phenoxy) is 1. The van der Waals surface area contributed by atoms with E-state index in [9.17, 15) is 22.0 Å². The van der Waals surface area contributed by atoms with E-state index in [2.05, 4.69) is 0 Å². The summed E-state index contributed by atoms with van der Waals surface area (Å²) in [6.07, 6.45) is -0.295. The van der Waals surface area contributed by atoms with Crippen LogP contribution in [0.3, 0.4) is 0 Å². The minimum atomic E-state index is -3.92. The molecule has 0 heterocycles. The molecule has 0 aliphatic rings. The van der Waals surface area contributed by atoms with Gasteiger partial charge in [0.2, 0.25) is 0 Å². The van der Waals surface area contributed by atoms with Crippen LogP contribution >= 0.6 is 11.6 Å². The van der Waals surface area contributed by atoms with E-state index in [-0.39, 0.29) is 33.4 Å². The SMILES string of the molecule is O=C(O)Cc1cc(Cl)cc(Oc2ccc(S(=O)(=O)Cc3cccc(F)c3)cc2F)c1. The van der Waals surface area contributed by atoms with Crippen LogP contribution < -0.4 is 4.74 Å². The van der Waals surface area contributed by atoms with Crippen LogP contribution in [0, 0.1) is 11.6 Å². The second-order valence-electron chi connectivity index (χ2n) is 6.45. The van der Waals surface area contributed by atoms with E-state index >= 15 is 0 Å². The van der Waals surface area contributed by atoms with Crippen LogP contribution in [0.25, 0.3) is 0 Å². The minimum absolute atomic E-state index is 0.105. The quantitative estimate of drug-likeness (QED) is 0.545. The first-order valence-corrected chi connectivity index (χ1v) is 10.6. The van der Waals surface area contributed by atoms with Crippen molar-refractivity contribution in [1.82, 2.24) is 0 Å². The van der Waals surface area contributed by atoms with Crippen LogP contribution in [0.15, 0.2) is 65.6 Å². The van der Waals surface area contributed by atoms with Crippen LogP contribution in [0.5, 0.6) is 11.5 Å². The normalized spacial score (nSPS) is 11.3. The van der Waals surface area contributed by atoms with Crippen molar-refractivity contribution in [2.45, 2.75) is 17.1 Å². The first-order valence-electron chi connectivity index (χ1n) is 8.58. The van der Waals surface area contributed by atoms with Gasteiger partial charge < -0.3 is 9.84 Å². The fourth-order valence-electron chi connectivity index (χ4n) is 2.77. The lowest BCUT2D eigenvalue weighted by atomic mass is 10.1. The van der Waals surface area contributed by atoms with Gasteiger partial charge >= 0.3 is 5.97 Å². The molecule has 3 rings (SSSR count). The van der Waals surface area contributed by atoms with Crippen LogP contribution in [0.1, 0.15) is 11.1 Å². The zero-order chi connectivity index (χ0) is 21.9. The van der Waals surface area contributed by atoms with Crippen molar-refractivity contribution in [2.24, 2.45) is 0 Å². The smallest absolute Gasteiger partial charge is 0.307 e. The molecule has 0 bridgehead atoms. The molecule has 30 heavy (non-hydrogen) atoms. The fourth-order valence-corrected chi connectivity index (χ4v) is 4.36. The summed E-state index contributed by atoms with van der Waals surface area (Å²) in [5, 5.41) is 9.10. The maximum atomic E-state index is 14.5. The van der Waals surface area contributed by atoms with Gasteiger partial charge in [-0.1, -0.05) is 23.7 Å². The Bertz CT molecular complexity index is 1210. The summed E-state index contributed by atoms with van der Waals surface area (Å²) >= 11 is 5.94. The van der Waals surface area contributed by atoms with Gasteiger partial charge in [-0.15, -0.1) is 0 Å². The van der Waals surface area contributed by atoms with E-state index in [1.165, 1.54) is 42.5 Å². The molecule has 3 aromatic rings. The van der Waals surface area contributed by atoms with E-state index in [0.29, 0.717) is 5.56 Å². The highest BCUT2D eigenvalue weighted by molar-refractivity contribution is 7.90. The Labute approximate surface area is 176 Å². The molecule has 0 radical (unpaired) electrons. The van der Waals surface area contributed by atoms with Crippen molar-refractivity contribution in [3.63, 3.8) is 0 Å². The largest absolute Gasteiger partial charge is 0.481 e. The Morgan fingerprint density at radius 1 is 1.00 bits per heavy atom. The van der Waals surface area contributed by atoms with Crippen molar-refractivity contribution < 1.29 is 31.8 Å². The molecule has 0 aliphatic carbocycles. The van der Waals surface area contributed by atoms with Gasteiger partial charge in [-0.3, -0.25) is 4.79 Å². The van der Waals surface area contributed by atoms with Gasteiger partial charge in [-0.05, 0) is 59.7 Å². The predicted molar refractivity (Wildman–Crippen MR) is 107 cm³/mol. The number of aliphatic carboxylic acids is 1. The molecule has 0 amide bonds. The number of hydrogen-bond donors (Lipinski definition) is 1. The molecule has 0 aliphatic heterocycles. The van der Waals surface area contributed by atoms with Gasteiger partial charge in [-0.25, -0.2) is 17.2 Å². The van der Waals surface area contributed by atoms with Gasteiger partial charge in [-0.2, -0.15) is 0 Å². The first kappa shape index (κ1) is 21.7. The van der Waals surface area contributed by atoms with Crippen LogP contribution in [-0.4, -0.2) is 19.5 Å². The molecule has 3 aromatic carbocycles. The molecular weight excluding hydrogens is 438 g/mol. The first-order chi connectivity index (χ1) is 14.1. The van der Waals surface area contributed by atoms with E-state index in [1.54, 1.807) is 0 Å². The van der Waals surface area contributed by atoms with Crippen molar-refractivity contribution in [1.29, 1.82) is 0 Å². The number of hydrogen-bond acceptors (Lipinski definition) is 4. The minimum Gasteiger partial charge on any atom is -0.481 e. The average molecular weight is 453 g/mol. The third kappa shape index (κ3) is 5.55. The molecule has 0 unspecified atom stereocenters. The summed E-state index contributed by atoms with van der Waals surface area (Å²) in [5.41, 5.74) is 0.598. The molecule has 0 atom stereocenters. The van der Waals surface area contributed by atoms with Crippen LogP contribution in [0.4, 0.5) is 8.78 Å². The van der Waals surface area contributed by atoms with Gasteiger partial charge in [0.05, 0.1) is 17.1 Å². The number of carboxylic acid groups (broad SMARTS) is 1. The van der Waals surface area contributed by atoms with Crippen molar-refractivity contribution in [2.75, 3.05) is 0 Å². The van der Waals surface area contributed by atoms with Gasteiger partial charge in [0.15, 0.2) is 21.4 Å². The third-order valence-electron chi connectivity index (χ3n) is 4.02. The van der Waals surface area contributed by atoms with E-state index in [4.69, 9.17) is 21.4 Å². The summed E-state index contributed by atoms with van der Waals surface area (Å²) in [7, 11) is -3.92. The summed E-state index contributed by atoms with van der Waals surface area (Å²) < 4.78 is 58.3. The molecule has 1 N–H and O–H groups in total. The fraction of sp³-hybridized carbons (Fsp3) is 0.0952. The summed E-state index contributed by atoms with van der Waals surface area (Å²) in [4.78, 5) is 10.6. The molecule has 0 saturated carbocycles. The Morgan fingerprint density at radius 3 is 2.43 bits per heavy atom. The Morgan fingerprint density at radius 2 is 1.77 bits per heavy atom. The Balaban J connectivity index is 1.83. The molecule has 156 valence electrons. The number of halogens is 3. The number of sulfone groups is 1. The Hall–Kier alpha value is -2.97. The summed E-state index contributed by atoms with van der Waals surface area (Å²) in [6.45, 7) is 0. The Kier molecular flexibility index (Phi) is 6.38. The van der Waals surface area contributed by atoms with Gasteiger partial charge in [0.25, 0.3) is 0 Å². The monoisotopic (exact) mass is 452 g/mol. The number of rotatable bonds is 7. The van der Waals surface area contributed by atoms with Crippen LogP contribution in [-0.2, 0) is 26.8 Å². The third-order valence-corrected chi connectivity index (χ3v) is 5.93. The lowest BCUT2D eigenvalue weighted by Crippen LogP contribution is -2.06. The van der Waals surface area contributed by atoms with Crippen LogP contribution in [0.2, 0.25) is 5.02 Å². The lowest BCUT2D eigenvalue weighted by molar-refractivity contribution is -0.136. The number of benzene rings is 3. The molecule has 0 saturated heterocycles. The highest BCUT2D eigenvalue weighted by Crippen LogP contribution is 2.30. The zero-order valence-corrected chi connectivity index (χ0v) is 16.9. The van der Waals surface area contributed by atoms with E-state index in [0.717, 1.165) is 18.2 Å². The molecule has 0 spiro atoms. The second-order valence-corrected chi connectivity index (χ2v) is 8.88. The molecule has 5 nitrogen and oxygen atoms in total. The van der Waals surface area contributed by atoms with Crippen molar-refractivity contribution in [3.8, 4) is 11.5 Å². The van der Waals surface area contributed by atoms with Crippen molar-refractivity contribution >= 4 is 27.4 Å². The van der Waals surface area contributed by atoms with Gasteiger partial charge in [0.1, 0.15) is 11.6 Å². The molecule has 0 aromatic heterocycles. The van der Waals surface area contributed by atoms with Crippen molar-refractivity contribution in [3.05, 3.63) is 88.4 Å². The average Bonchev–Trinajstić information content (AvgIpc) is 2.62. The van der Waals surface area contributed by atoms with E-state index < -0.39 is 33.2 Å². The molecular formula is C21H15ClF2O5S. The van der Waals surface area contributed by atoms with E-state index in [1.807, 2.05) is 0 Å². The zero-order valence-electron chi connectivity index (χ0n) is 15.3. The number of carbonyl (C=O) groups is 1. The number of carboxylic acids is 1. The standard InChI is InChI=1S/C21H15ClF2O5S/c22-15-6-14(9-21(25)26)8-17(10-15)29-20-5-4-18(11-19(20)24)30(27,28)12-13-2-1-3-16(23)7-13/h1-8,10-11H,9,12H2,(H,25,26). The summed E-state index contributed by atoms with van der Waals surface area (Å²) in [5.74, 6) is -3.22. The topological polar surface area (TPSA) is 80.7 Å². The highest BCUT2D eigenvalue weighted by atomic mass is 35.5. The predicted octanol–water partition coefficient (Wildman–Crippen LogP) is 5.01.